The van der Waals surface area contributed by atoms with Crippen molar-refractivity contribution in [1.29, 1.82) is 0 Å². The number of para-hydroxylation sites is 1. The quantitative estimate of drug-likeness (QED) is 0.350. The van der Waals surface area contributed by atoms with Crippen molar-refractivity contribution in [2.24, 2.45) is 0 Å². The van der Waals surface area contributed by atoms with Crippen LogP contribution < -0.4 is 5.32 Å². The van der Waals surface area contributed by atoms with Gasteiger partial charge in [-0.2, -0.15) is 0 Å². The molecular weight excluding hydrogens is 496 g/mol. The monoisotopic (exact) mass is 530 g/mol. The molecule has 2 heterocycles. The molecule has 198 valence electrons. The number of rotatable bonds is 8. The van der Waals surface area contributed by atoms with Gasteiger partial charge in [0.2, 0.25) is 5.91 Å². The number of nitrogens with zero attached hydrogens (tertiary/aromatic N) is 3. The lowest BCUT2D eigenvalue weighted by Crippen LogP contribution is -2.47. The zero-order chi connectivity index (χ0) is 25.6. The van der Waals surface area contributed by atoms with Crippen molar-refractivity contribution in [2.75, 3.05) is 26.7 Å². The predicted octanol–water partition coefficient (Wildman–Crippen LogP) is 4.96. The van der Waals surface area contributed by atoms with Crippen LogP contribution in [-0.4, -0.2) is 58.9 Å². The largest absolute Gasteiger partial charge is 0.351 e. The second-order valence-corrected chi connectivity index (χ2v) is 9.86. The van der Waals surface area contributed by atoms with Gasteiger partial charge < -0.3 is 14.8 Å². The Morgan fingerprint density at radius 2 is 1.47 bits per heavy atom. The number of nitrogens with one attached hydrogen (secondary N) is 1. The molecule has 1 fully saturated rings. The van der Waals surface area contributed by atoms with Crippen LogP contribution in [0.4, 0.5) is 0 Å². The lowest BCUT2D eigenvalue weighted by Gasteiger charge is -2.36. The van der Waals surface area contributed by atoms with Gasteiger partial charge in [-0.25, -0.2) is 0 Å². The highest BCUT2D eigenvalue weighted by molar-refractivity contribution is 6.07. The molecule has 1 aliphatic heterocycles. The second-order valence-electron chi connectivity index (χ2n) is 9.86. The van der Waals surface area contributed by atoms with Crippen molar-refractivity contribution in [3.8, 4) is 0 Å². The first kappa shape index (κ1) is 27.4. The third kappa shape index (κ3) is 6.44. The highest BCUT2D eigenvalue weighted by atomic mass is 35.5. The SMILES string of the molecule is CN(C(=O)c1cn(Cc2ccccc2)c2ccccc12)C1CCN(CC(=O)NCc2ccccc2)CC1.Cl. The number of carbonyl (C=O) groups excluding carboxylic acids is 2. The van der Waals surface area contributed by atoms with Gasteiger partial charge in [-0.05, 0) is 30.0 Å². The topological polar surface area (TPSA) is 57.6 Å². The number of likely N-dealkylation sites (tertiary alicyclic amines) is 1. The Balaban J connectivity index is 0.00000336. The maximum Gasteiger partial charge on any atom is 0.256 e. The fourth-order valence-electron chi connectivity index (χ4n) is 5.20. The van der Waals surface area contributed by atoms with Crippen molar-refractivity contribution >= 4 is 35.1 Å². The number of hydrogen-bond donors (Lipinski definition) is 1. The molecule has 1 aliphatic rings. The Kier molecular flexibility index (Phi) is 9.21. The van der Waals surface area contributed by atoms with Crippen molar-refractivity contribution in [3.63, 3.8) is 0 Å². The van der Waals surface area contributed by atoms with E-state index in [2.05, 4.69) is 33.0 Å². The number of carbonyl (C=O) groups is 2. The Morgan fingerprint density at radius 1 is 0.868 bits per heavy atom. The summed E-state index contributed by atoms with van der Waals surface area (Å²) < 4.78 is 2.17. The molecule has 2 amide bonds. The molecular formula is C31H35ClN4O2. The van der Waals surface area contributed by atoms with E-state index >= 15 is 0 Å². The third-order valence-corrected chi connectivity index (χ3v) is 7.34. The van der Waals surface area contributed by atoms with Crippen molar-refractivity contribution in [1.82, 2.24) is 19.7 Å². The normalized spacial score (nSPS) is 14.1. The van der Waals surface area contributed by atoms with Crippen molar-refractivity contribution in [3.05, 3.63) is 108 Å². The van der Waals surface area contributed by atoms with Crippen LogP contribution in [0.15, 0.2) is 91.1 Å². The summed E-state index contributed by atoms with van der Waals surface area (Å²) in [5.41, 5.74) is 4.12. The van der Waals surface area contributed by atoms with Crippen molar-refractivity contribution in [2.45, 2.75) is 32.0 Å². The zero-order valence-corrected chi connectivity index (χ0v) is 22.6. The van der Waals surface area contributed by atoms with Gasteiger partial charge in [0.15, 0.2) is 0 Å². The maximum absolute atomic E-state index is 13.6. The summed E-state index contributed by atoms with van der Waals surface area (Å²) in [6.45, 7) is 3.27. The molecule has 0 bridgehead atoms. The average Bonchev–Trinajstić information content (AvgIpc) is 3.31. The molecule has 38 heavy (non-hydrogen) atoms. The van der Waals surface area contributed by atoms with E-state index in [-0.39, 0.29) is 30.3 Å². The molecule has 7 heteroatoms. The van der Waals surface area contributed by atoms with E-state index in [1.54, 1.807) is 0 Å². The number of benzene rings is 3. The fourth-order valence-corrected chi connectivity index (χ4v) is 5.20. The van der Waals surface area contributed by atoms with Crippen LogP contribution in [-0.2, 0) is 17.9 Å². The minimum absolute atomic E-state index is 0. The van der Waals surface area contributed by atoms with E-state index < -0.39 is 0 Å². The lowest BCUT2D eigenvalue weighted by molar-refractivity contribution is -0.122. The molecule has 6 nitrogen and oxygen atoms in total. The molecule has 0 atom stereocenters. The average molecular weight is 531 g/mol. The molecule has 0 aliphatic carbocycles. The first-order valence-electron chi connectivity index (χ1n) is 13.0. The van der Waals surface area contributed by atoms with Crippen molar-refractivity contribution < 1.29 is 9.59 Å². The summed E-state index contributed by atoms with van der Waals surface area (Å²) in [6.07, 6.45) is 3.72. The first-order valence-corrected chi connectivity index (χ1v) is 13.0. The highest BCUT2D eigenvalue weighted by Crippen LogP contribution is 2.25. The number of aromatic nitrogens is 1. The Hall–Kier alpha value is -3.61. The molecule has 4 aromatic rings. The standard InChI is InChI=1S/C31H34N4O2.ClH/c1-33(26-16-18-34(19-17-26)23-30(36)32-20-24-10-4-2-5-11-24)31(37)28-22-35(21-25-12-6-3-7-13-25)29-15-9-8-14-27(28)29;/h2-15,22,26H,16-21,23H2,1H3,(H,32,36);1H. The van der Waals surface area contributed by atoms with E-state index in [9.17, 15) is 9.59 Å². The number of halogens is 1. The fraction of sp³-hybridized carbons (Fsp3) is 0.290. The number of hydrogen-bond acceptors (Lipinski definition) is 3. The van der Waals surface area contributed by atoms with E-state index in [4.69, 9.17) is 0 Å². The van der Waals surface area contributed by atoms with Crippen LogP contribution >= 0.6 is 12.4 Å². The van der Waals surface area contributed by atoms with Gasteiger partial charge in [-0.15, -0.1) is 12.4 Å². The van der Waals surface area contributed by atoms with Crippen LogP contribution in [0.2, 0.25) is 0 Å². The summed E-state index contributed by atoms with van der Waals surface area (Å²) in [6, 6.07) is 28.6. The molecule has 5 rings (SSSR count). The Labute approximate surface area is 230 Å². The van der Waals surface area contributed by atoms with Crippen LogP contribution in [0, 0.1) is 0 Å². The minimum Gasteiger partial charge on any atom is -0.351 e. The Morgan fingerprint density at radius 3 is 2.16 bits per heavy atom. The van der Waals surface area contributed by atoms with Crippen LogP contribution in [0.3, 0.4) is 0 Å². The summed E-state index contributed by atoms with van der Waals surface area (Å²) in [7, 11) is 1.92. The van der Waals surface area contributed by atoms with E-state index in [1.165, 1.54) is 5.56 Å². The molecule has 1 aromatic heterocycles. The summed E-state index contributed by atoms with van der Waals surface area (Å²) >= 11 is 0. The van der Waals surface area contributed by atoms with Gasteiger partial charge >= 0.3 is 0 Å². The first-order chi connectivity index (χ1) is 18.1. The van der Waals surface area contributed by atoms with E-state index in [0.717, 1.165) is 54.5 Å². The van der Waals surface area contributed by atoms with Gasteiger partial charge in [-0.1, -0.05) is 78.9 Å². The zero-order valence-electron chi connectivity index (χ0n) is 21.8. The van der Waals surface area contributed by atoms with Gasteiger partial charge in [0, 0.05) is 56.4 Å². The molecule has 1 saturated heterocycles. The van der Waals surface area contributed by atoms with E-state index in [1.807, 2.05) is 84.9 Å². The molecule has 3 aromatic carbocycles. The minimum atomic E-state index is 0. The summed E-state index contributed by atoms with van der Waals surface area (Å²) in [4.78, 5) is 30.2. The molecule has 0 saturated carbocycles. The van der Waals surface area contributed by atoms with Crippen LogP contribution in [0.25, 0.3) is 10.9 Å². The predicted molar refractivity (Wildman–Crippen MR) is 155 cm³/mol. The van der Waals surface area contributed by atoms with Gasteiger partial charge in [0.25, 0.3) is 5.91 Å². The number of amides is 2. The van der Waals surface area contributed by atoms with Gasteiger partial charge in [-0.3, -0.25) is 14.5 Å². The molecule has 0 unspecified atom stereocenters. The Bertz CT molecular complexity index is 1350. The maximum atomic E-state index is 13.6. The summed E-state index contributed by atoms with van der Waals surface area (Å²) in [5, 5.41) is 4.00. The van der Waals surface area contributed by atoms with Gasteiger partial charge in [0.05, 0.1) is 12.1 Å². The molecule has 0 spiro atoms. The number of piperidine rings is 1. The molecule has 0 radical (unpaired) electrons. The van der Waals surface area contributed by atoms with E-state index in [0.29, 0.717) is 13.1 Å². The molecule has 1 N–H and O–H groups in total. The van der Waals surface area contributed by atoms with Gasteiger partial charge in [0.1, 0.15) is 0 Å². The second kappa shape index (κ2) is 12.8. The third-order valence-electron chi connectivity index (χ3n) is 7.34. The van der Waals surface area contributed by atoms with Crippen LogP contribution in [0.1, 0.15) is 34.3 Å². The lowest BCUT2D eigenvalue weighted by atomic mass is 10.0. The van der Waals surface area contributed by atoms with Crippen LogP contribution in [0.5, 0.6) is 0 Å². The summed E-state index contributed by atoms with van der Waals surface area (Å²) in [5.74, 6) is 0.0972. The smallest absolute Gasteiger partial charge is 0.256 e. The number of fused-ring (bicyclic) bond motifs is 1. The highest BCUT2D eigenvalue weighted by Gasteiger charge is 2.28.